The number of methoxy groups -OCH3 is 1. The van der Waals surface area contributed by atoms with E-state index in [1.807, 2.05) is 0 Å². The highest BCUT2D eigenvalue weighted by molar-refractivity contribution is 6.05. The molecular weight excluding hydrogens is 354 g/mol. The number of anilines is 1. The fraction of sp³-hybridized carbons (Fsp3) is 0.500. The Morgan fingerprint density at radius 2 is 1.81 bits per heavy atom. The van der Waals surface area contributed by atoms with Crippen molar-refractivity contribution >= 4 is 17.6 Å². The van der Waals surface area contributed by atoms with Gasteiger partial charge >= 0.3 is 6.18 Å². The molecule has 1 fully saturated rings. The Hall–Kier alpha value is -2.52. The molecule has 0 atom stereocenters. The molecule has 142 valence electrons. The zero-order valence-electron chi connectivity index (χ0n) is 14.1. The van der Waals surface area contributed by atoms with Gasteiger partial charge in [0, 0.05) is 6.07 Å². The molecule has 1 aromatic carbocycles. The normalized spacial score (nSPS) is 20.0. The Morgan fingerprint density at radius 3 is 2.38 bits per heavy atom. The predicted molar refractivity (Wildman–Crippen MR) is 89.5 cm³/mol. The van der Waals surface area contributed by atoms with Crippen molar-refractivity contribution in [2.75, 3.05) is 12.0 Å². The average molecular weight is 373 g/mol. The van der Waals surface area contributed by atoms with Gasteiger partial charge < -0.3 is 16.2 Å². The molecule has 1 spiro atoms. The van der Waals surface area contributed by atoms with E-state index >= 15 is 0 Å². The number of hydrogen-bond donors (Lipinski definition) is 2. The summed E-state index contributed by atoms with van der Waals surface area (Å²) in [7, 11) is 1.21. The second-order valence-electron chi connectivity index (χ2n) is 6.32. The van der Waals surface area contributed by atoms with Crippen LogP contribution in [0.3, 0.4) is 0 Å². The lowest BCUT2D eigenvalue weighted by Crippen LogP contribution is -2.58. The van der Waals surface area contributed by atoms with Crippen molar-refractivity contribution in [1.29, 1.82) is 0 Å². The fourth-order valence-corrected chi connectivity index (χ4v) is 3.54. The molecule has 0 radical (unpaired) electrons. The van der Waals surface area contributed by atoms with E-state index in [1.54, 1.807) is 0 Å². The Kier molecular flexibility index (Phi) is 4.45. The third-order valence-electron chi connectivity index (χ3n) is 4.66. The van der Waals surface area contributed by atoms with Crippen LogP contribution in [0.15, 0.2) is 22.1 Å². The van der Waals surface area contributed by atoms with Gasteiger partial charge in [0.1, 0.15) is 11.4 Å². The van der Waals surface area contributed by atoms with Crippen LogP contribution in [0.5, 0.6) is 5.75 Å². The number of alkyl halides is 3. The molecule has 3 rings (SSSR count). The molecule has 1 aliphatic carbocycles. The summed E-state index contributed by atoms with van der Waals surface area (Å²) in [4.78, 5) is 9.39. The highest BCUT2D eigenvalue weighted by atomic mass is 19.4. The largest absolute Gasteiger partial charge is 0.497 e. The molecule has 0 amide bonds. The van der Waals surface area contributed by atoms with Gasteiger partial charge in [-0.2, -0.15) is 18.2 Å². The molecule has 0 aromatic heterocycles. The first-order valence-corrected chi connectivity index (χ1v) is 8.12. The summed E-state index contributed by atoms with van der Waals surface area (Å²) in [5.74, 6) is -1.85. The molecule has 10 heteroatoms. The van der Waals surface area contributed by atoms with E-state index in [1.165, 1.54) is 18.1 Å². The number of nitrogens with zero attached hydrogens (tertiary/aromatic N) is 3. The van der Waals surface area contributed by atoms with Gasteiger partial charge in [-0.3, -0.25) is 4.90 Å². The van der Waals surface area contributed by atoms with Crippen molar-refractivity contribution < 1.29 is 22.3 Å². The number of halogens is 4. The van der Waals surface area contributed by atoms with Crippen LogP contribution in [-0.2, 0) is 6.18 Å². The molecule has 0 saturated heterocycles. The lowest BCUT2D eigenvalue weighted by Gasteiger charge is -2.45. The second kappa shape index (κ2) is 6.33. The van der Waals surface area contributed by atoms with Crippen molar-refractivity contribution in [2.45, 2.75) is 43.9 Å². The van der Waals surface area contributed by atoms with Crippen molar-refractivity contribution in [1.82, 2.24) is 0 Å². The highest BCUT2D eigenvalue weighted by Gasteiger charge is 2.45. The number of guanidine groups is 2. The van der Waals surface area contributed by atoms with E-state index in [-0.39, 0.29) is 23.4 Å². The first-order valence-electron chi connectivity index (χ1n) is 8.12. The summed E-state index contributed by atoms with van der Waals surface area (Å²) in [6, 6.07) is 1.78. The molecule has 1 heterocycles. The molecule has 1 saturated carbocycles. The lowest BCUT2D eigenvalue weighted by molar-refractivity contribution is -0.140. The standard InChI is InChI=1S/C16H19F4N5O/c1-26-9-7-10(16(18,19)20)12(17)11(8-9)25-14(22)23-13(21)24-15(25)5-3-2-4-6-15/h7-8H,2-6H2,1H3,(H4,21,22,23,24). The van der Waals surface area contributed by atoms with Crippen molar-refractivity contribution in [3.8, 4) is 5.75 Å². The Balaban J connectivity index is 2.21. The summed E-state index contributed by atoms with van der Waals surface area (Å²) in [5.41, 5.74) is 8.81. The van der Waals surface area contributed by atoms with Gasteiger partial charge in [0.2, 0.25) is 11.9 Å². The minimum Gasteiger partial charge on any atom is -0.497 e. The van der Waals surface area contributed by atoms with E-state index < -0.39 is 23.2 Å². The van der Waals surface area contributed by atoms with E-state index in [9.17, 15) is 17.6 Å². The smallest absolute Gasteiger partial charge is 0.419 e. The van der Waals surface area contributed by atoms with E-state index in [2.05, 4.69) is 9.98 Å². The topological polar surface area (TPSA) is 89.2 Å². The number of hydrogen-bond acceptors (Lipinski definition) is 6. The summed E-state index contributed by atoms with van der Waals surface area (Å²) in [5, 5.41) is 0. The van der Waals surface area contributed by atoms with Gasteiger partial charge in [-0.1, -0.05) is 6.42 Å². The molecule has 0 unspecified atom stereocenters. The van der Waals surface area contributed by atoms with Crippen LogP contribution in [0.1, 0.15) is 37.7 Å². The van der Waals surface area contributed by atoms with Crippen molar-refractivity contribution in [3.63, 3.8) is 0 Å². The zero-order chi connectivity index (χ0) is 19.1. The van der Waals surface area contributed by atoms with Crippen LogP contribution in [-0.4, -0.2) is 24.7 Å². The van der Waals surface area contributed by atoms with Crippen LogP contribution in [0.4, 0.5) is 23.2 Å². The molecule has 26 heavy (non-hydrogen) atoms. The van der Waals surface area contributed by atoms with Crippen LogP contribution in [0, 0.1) is 5.82 Å². The third-order valence-corrected chi connectivity index (χ3v) is 4.66. The van der Waals surface area contributed by atoms with Gasteiger partial charge in [0.25, 0.3) is 0 Å². The minimum absolute atomic E-state index is 0.0694. The summed E-state index contributed by atoms with van der Waals surface area (Å²) in [6.45, 7) is 0. The molecule has 4 N–H and O–H groups in total. The Labute approximate surface area is 147 Å². The van der Waals surface area contributed by atoms with Gasteiger partial charge in [0.05, 0.1) is 18.4 Å². The first kappa shape index (κ1) is 18.3. The van der Waals surface area contributed by atoms with Crippen molar-refractivity contribution in [3.05, 3.63) is 23.5 Å². The van der Waals surface area contributed by atoms with Crippen LogP contribution in [0.25, 0.3) is 0 Å². The highest BCUT2D eigenvalue weighted by Crippen LogP contribution is 2.44. The maximum absolute atomic E-state index is 14.9. The number of benzene rings is 1. The molecule has 6 nitrogen and oxygen atoms in total. The molecular formula is C16H19F4N5O. The fourth-order valence-electron chi connectivity index (χ4n) is 3.54. The third kappa shape index (κ3) is 3.04. The van der Waals surface area contributed by atoms with Crippen LogP contribution in [0.2, 0.25) is 0 Å². The number of rotatable bonds is 2. The molecule has 2 aliphatic rings. The number of aliphatic imine (C=N–C) groups is 2. The first-order chi connectivity index (χ1) is 12.2. The summed E-state index contributed by atoms with van der Waals surface area (Å²) < 4.78 is 59.7. The Bertz CT molecular complexity index is 769. The summed E-state index contributed by atoms with van der Waals surface area (Å²) >= 11 is 0. The van der Waals surface area contributed by atoms with Gasteiger partial charge in [0.15, 0.2) is 5.82 Å². The molecule has 1 aliphatic heterocycles. The lowest BCUT2D eigenvalue weighted by atomic mass is 9.87. The molecule has 1 aromatic rings. The van der Waals surface area contributed by atoms with E-state index in [0.29, 0.717) is 18.9 Å². The number of nitrogens with two attached hydrogens (primary N) is 2. The van der Waals surface area contributed by atoms with Crippen LogP contribution >= 0.6 is 0 Å². The Morgan fingerprint density at radius 1 is 1.15 bits per heavy atom. The van der Waals surface area contributed by atoms with Gasteiger partial charge in [-0.25, -0.2) is 9.38 Å². The number of ether oxygens (including phenoxy) is 1. The van der Waals surface area contributed by atoms with Gasteiger partial charge in [-0.05, 0) is 31.7 Å². The monoisotopic (exact) mass is 373 g/mol. The van der Waals surface area contributed by atoms with E-state index in [4.69, 9.17) is 16.2 Å². The van der Waals surface area contributed by atoms with Gasteiger partial charge in [-0.15, -0.1) is 0 Å². The second-order valence-corrected chi connectivity index (χ2v) is 6.32. The average Bonchev–Trinajstić information content (AvgIpc) is 2.55. The van der Waals surface area contributed by atoms with Crippen molar-refractivity contribution in [2.24, 2.45) is 21.5 Å². The minimum atomic E-state index is -4.89. The quantitative estimate of drug-likeness (QED) is 0.780. The predicted octanol–water partition coefficient (Wildman–Crippen LogP) is 2.96. The SMILES string of the molecule is COc1cc(N2C(N)=NC(N)=NC23CCCCC3)c(F)c(C(F)(F)F)c1. The van der Waals surface area contributed by atoms with Crippen LogP contribution < -0.4 is 21.1 Å². The maximum Gasteiger partial charge on any atom is 0.419 e. The maximum atomic E-state index is 14.9. The summed E-state index contributed by atoms with van der Waals surface area (Å²) in [6.07, 6.45) is -1.48. The molecule has 0 bridgehead atoms. The zero-order valence-corrected chi connectivity index (χ0v) is 14.1. The van der Waals surface area contributed by atoms with E-state index in [0.717, 1.165) is 19.3 Å².